The zero-order valence-electron chi connectivity index (χ0n) is 22.5. The van der Waals surface area contributed by atoms with Gasteiger partial charge in [0, 0.05) is 44.0 Å². The summed E-state index contributed by atoms with van der Waals surface area (Å²) in [7, 11) is 0. The summed E-state index contributed by atoms with van der Waals surface area (Å²) >= 11 is 0. The van der Waals surface area contributed by atoms with Gasteiger partial charge in [-0.3, -0.25) is 0 Å². The van der Waals surface area contributed by atoms with Gasteiger partial charge in [-0.05, 0) is 60.2 Å². The third-order valence-corrected chi connectivity index (χ3v) is 8.18. The minimum absolute atomic E-state index is 0.480. The molecule has 2 heterocycles. The van der Waals surface area contributed by atoms with E-state index < -0.39 is 0 Å². The van der Waals surface area contributed by atoms with Crippen LogP contribution < -0.4 is 0 Å². The van der Waals surface area contributed by atoms with E-state index in [1.165, 1.54) is 16.3 Å². The van der Waals surface area contributed by atoms with Crippen molar-refractivity contribution in [2.75, 3.05) is 0 Å². The van der Waals surface area contributed by atoms with E-state index in [1.807, 2.05) is 24.3 Å². The first-order valence-corrected chi connectivity index (χ1v) is 13.8. The lowest BCUT2D eigenvalue weighted by Gasteiger charge is -2.11. The summed E-state index contributed by atoms with van der Waals surface area (Å²) in [5, 5.41) is 14.5. The Kier molecular flexibility index (Phi) is 5.22. The van der Waals surface area contributed by atoms with Crippen molar-refractivity contribution in [3.05, 3.63) is 150 Å². The molecule has 42 heavy (non-hydrogen) atoms. The highest BCUT2D eigenvalue weighted by atomic mass is 15.0. The van der Waals surface area contributed by atoms with Crippen LogP contribution in [0.15, 0.2) is 133 Å². The van der Waals surface area contributed by atoms with E-state index in [0.29, 0.717) is 16.8 Å². The van der Waals surface area contributed by atoms with Crippen molar-refractivity contribution in [2.24, 2.45) is 0 Å². The summed E-state index contributed by atoms with van der Waals surface area (Å²) in [6.45, 7) is 7.83. The Morgan fingerprint density at radius 1 is 0.548 bits per heavy atom. The van der Waals surface area contributed by atoms with Crippen molar-refractivity contribution < 1.29 is 0 Å². The Morgan fingerprint density at radius 3 is 1.98 bits per heavy atom. The highest BCUT2D eigenvalue weighted by Gasteiger charge is 2.20. The fourth-order valence-electron chi connectivity index (χ4n) is 6.47. The first kappa shape index (κ1) is 23.8. The van der Waals surface area contributed by atoms with Crippen molar-refractivity contribution >= 4 is 49.3 Å². The highest BCUT2D eigenvalue weighted by Crippen LogP contribution is 2.43. The number of benzene rings is 6. The van der Waals surface area contributed by atoms with Crippen molar-refractivity contribution in [3.63, 3.8) is 0 Å². The van der Waals surface area contributed by atoms with Gasteiger partial charge in [0.1, 0.15) is 0 Å². The van der Waals surface area contributed by atoms with Gasteiger partial charge in [-0.15, -0.1) is 0 Å². The normalized spacial score (nSPS) is 11.3. The molecule has 6 aromatic carbocycles. The second-order valence-electron chi connectivity index (χ2n) is 10.4. The summed E-state index contributed by atoms with van der Waals surface area (Å²) < 4.78 is 4.62. The first-order valence-electron chi connectivity index (χ1n) is 13.8. The third-order valence-electron chi connectivity index (χ3n) is 8.18. The van der Waals surface area contributed by atoms with Gasteiger partial charge in [0.15, 0.2) is 5.69 Å². The van der Waals surface area contributed by atoms with Crippen molar-refractivity contribution in [3.8, 4) is 28.6 Å². The Balaban J connectivity index is 1.46. The lowest BCUT2D eigenvalue weighted by atomic mass is 9.94. The molecule has 4 nitrogen and oxygen atoms in total. The van der Waals surface area contributed by atoms with Crippen molar-refractivity contribution in [1.82, 2.24) is 9.13 Å². The van der Waals surface area contributed by atoms with Gasteiger partial charge in [0.2, 0.25) is 0 Å². The minimum Gasteiger partial charge on any atom is -0.309 e. The second kappa shape index (κ2) is 9.24. The largest absolute Gasteiger partial charge is 0.309 e. The SMILES string of the molecule is [C-]#[N+]c1cccc(C#N)c1-c1cccc2c1c1ccccc1n2-c1ccc2c(c1)c1ccccc1n2-c1ccccc1. The number of fused-ring (bicyclic) bond motifs is 6. The molecule has 0 amide bonds. The fraction of sp³-hybridized carbons (Fsp3) is 0. The summed E-state index contributed by atoms with van der Waals surface area (Å²) in [4.78, 5) is 3.79. The van der Waals surface area contributed by atoms with Gasteiger partial charge in [-0.1, -0.05) is 78.9 Å². The molecule has 0 spiro atoms. The first-order chi connectivity index (χ1) is 20.8. The maximum atomic E-state index is 9.98. The molecule has 0 bridgehead atoms. The zero-order valence-corrected chi connectivity index (χ0v) is 22.5. The Hall–Kier alpha value is -6.10. The number of nitriles is 1. The molecule has 0 unspecified atom stereocenters. The van der Waals surface area contributed by atoms with Crippen LogP contribution in [0.2, 0.25) is 0 Å². The van der Waals surface area contributed by atoms with Crippen LogP contribution >= 0.6 is 0 Å². The summed E-state index contributed by atoms with van der Waals surface area (Å²) in [5.74, 6) is 0. The quantitative estimate of drug-likeness (QED) is 0.208. The van der Waals surface area contributed by atoms with Crippen molar-refractivity contribution in [2.45, 2.75) is 0 Å². The molecule has 8 rings (SSSR count). The van der Waals surface area contributed by atoms with E-state index in [4.69, 9.17) is 6.57 Å². The molecule has 0 saturated heterocycles. The van der Waals surface area contributed by atoms with Crippen LogP contribution in [-0.4, -0.2) is 9.13 Å². The van der Waals surface area contributed by atoms with Gasteiger partial charge in [-0.25, -0.2) is 4.85 Å². The van der Waals surface area contributed by atoms with E-state index in [0.717, 1.165) is 44.3 Å². The van der Waals surface area contributed by atoms with Gasteiger partial charge >= 0.3 is 0 Å². The molecular weight excluding hydrogens is 512 g/mol. The summed E-state index contributed by atoms with van der Waals surface area (Å²) in [6.07, 6.45) is 0. The summed E-state index contributed by atoms with van der Waals surface area (Å²) in [6, 6.07) is 47.9. The molecule has 0 N–H and O–H groups in total. The number of hydrogen-bond donors (Lipinski definition) is 0. The standard InChI is InChI=1S/C38H22N4/c1-40-32-17-9-11-25(24-39)37(32)30-16-10-20-36-38(30)29-15-6-8-19-34(29)42(36)27-21-22-35-31(23-27)28-14-5-7-18-33(28)41(35)26-12-3-2-4-13-26/h2-23H. The average molecular weight is 535 g/mol. The van der Waals surface area contributed by atoms with Crippen LogP contribution in [0.4, 0.5) is 5.69 Å². The van der Waals surface area contributed by atoms with E-state index in [-0.39, 0.29) is 0 Å². The van der Waals surface area contributed by atoms with Crippen LogP contribution in [0.3, 0.4) is 0 Å². The van der Waals surface area contributed by atoms with Crippen molar-refractivity contribution in [1.29, 1.82) is 5.26 Å². The van der Waals surface area contributed by atoms with Crippen LogP contribution in [-0.2, 0) is 0 Å². The fourth-order valence-corrected chi connectivity index (χ4v) is 6.47. The molecule has 0 aliphatic carbocycles. The maximum Gasteiger partial charge on any atom is 0.196 e. The Morgan fingerprint density at radius 2 is 1.19 bits per heavy atom. The number of aromatic nitrogens is 2. The van der Waals surface area contributed by atoms with E-state index >= 15 is 0 Å². The molecule has 0 atom stereocenters. The lowest BCUT2D eigenvalue weighted by molar-refractivity contribution is 1.17. The lowest BCUT2D eigenvalue weighted by Crippen LogP contribution is -1.95. The predicted octanol–water partition coefficient (Wildman–Crippen LogP) is 9.97. The van der Waals surface area contributed by atoms with Crippen LogP contribution in [0.1, 0.15) is 5.56 Å². The average Bonchev–Trinajstić information content (AvgIpc) is 3.57. The molecule has 0 radical (unpaired) electrons. The molecule has 0 fully saturated rings. The highest BCUT2D eigenvalue weighted by molar-refractivity contribution is 6.17. The van der Waals surface area contributed by atoms with Crippen LogP contribution in [0.5, 0.6) is 0 Å². The van der Waals surface area contributed by atoms with E-state index in [9.17, 15) is 5.26 Å². The second-order valence-corrected chi connectivity index (χ2v) is 10.4. The van der Waals surface area contributed by atoms with Gasteiger partial charge in [0.25, 0.3) is 0 Å². The summed E-state index contributed by atoms with van der Waals surface area (Å²) in [5.41, 5.74) is 9.17. The molecule has 2 aromatic heterocycles. The number of hydrogen-bond acceptors (Lipinski definition) is 1. The van der Waals surface area contributed by atoms with Crippen LogP contribution in [0.25, 0.3) is 71.0 Å². The number of nitrogens with zero attached hydrogens (tertiary/aromatic N) is 4. The topological polar surface area (TPSA) is 38.0 Å². The monoisotopic (exact) mass is 534 g/mol. The smallest absolute Gasteiger partial charge is 0.196 e. The Labute approximate surface area is 242 Å². The van der Waals surface area contributed by atoms with Gasteiger partial charge in [-0.2, -0.15) is 5.26 Å². The molecule has 0 aliphatic rings. The zero-order chi connectivity index (χ0) is 28.2. The number of para-hydroxylation sites is 3. The van der Waals surface area contributed by atoms with E-state index in [1.54, 1.807) is 18.2 Å². The van der Waals surface area contributed by atoms with Gasteiger partial charge < -0.3 is 9.13 Å². The molecule has 8 aromatic rings. The Bertz CT molecular complexity index is 2400. The third kappa shape index (κ3) is 3.33. The minimum atomic E-state index is 0.480. The number of rotatable bonds is 3. The molecular formula is C38H22N4. The molecule has 4 heteroatoms. The molecule has 0 saturated carbocycles. The maximum absolute atomic E-state index is 9.98. The van der Waals surface area contributed by atoms with Crippen LogP contribution in [0, 0.1) is 17.9 Å². The van der Waals surface area contributed by atoms with Gasteiger partial charge in [0.05, 0.1) is 34.7 Å². The molecule has 194 valence electrons. The molecule has 0 aliphatic heterocycles. The predicted molar refractivity (Wildman–Crippen MR) is 172 cm³/mol. The van der Waals surface area contributed by atoms with E-state index in [2.05, 4.69) is 111 Å².